The van der Waals surface area contributed by atoms with E-state index in [1.165, 1.54) is 12.8 Å². The van der Waals surface area contributed by atoms with Gasteiger partial charge in [-0.25, -0.2) is 9.98 Å². The Labute approximate surface area is 155 Å². The molecule has 2 aliphatic heterocycles. The summed E-state index contributed by atoms with van der Waals surface area (Å²) < 4.78 is 0. The van der Waals surface area contributed by atoms with Crippen LogP contribution in [-0.4, -0.2) is 47.9 Å². The predicted molar refractivity (Wildman–Crippen MR) is 104 cm³/mol. The second kappa shape index (κ2) is 8.38. The minimum atomic E-state index is -0.195. The molecule has 7 nitrogen and oxygen atoms in total. The van der Waals surface area contributed by atoms with E-state index < -0.39 is 0 Å². The Bertz CT molecular complexity index is 645. The number of guanidine groups is 1. The number of primary amides is 1. The lowest BCUT2D eigenvalue weighted by molar-refractivity contribution is -0.122. The van der Waals surface area contributed by atoms with Crippen molar-refractivity contribution in [3.05, 3.63) is 23.9 Å². The number of rotatable bonds is 4. The lowest BCUT2D eigenvalue weighted by atomic mass is 9.96. The summed E-state index contributed by atoms with van der Waals surface area (Å²) in [6.45, 7) is 6.36. The van der Waals surface area contributed by atoms with Crippen molar-refractivity contribution in [1.82, 2.24) is 9.88 Å². The van der Waals surface area contributed by atoms with Gasteiger partial charge < -0.3 is 21.3 Å². The third-order valence-electron chi connectivity index (χ3n) is 5.58. The lowest BCUT2D eigenvalue weighted by Gasteiger charge is -2.32. The molecule has 0 spiro atoms. The van der Waals surface area contributed by atoms with Crippen LogP contribution in [0, 0.1) is 11.8 Å². The number of anilines is 1. The van der Waals surface area contributed by atoms with Gasteiger partial charge in [0.25, 0.3) is 0 Å². The van der Waals surface area contributed by atoms with E-state index in [-0.39, 0.29) is 11.8 Å². The minimum absolute atomic E-state index is 0.0198. The van der Waals surface area contributed by atoms with Gasteiger partial charge in [-0.3, -0.25) is 4.79 Å². The molecule has 2 aliphatic rings. The fourth-order valence-electron chi connectivity index (χ4n) is 3.72. The fraction of sp³-hybridized carbons (Fsp3) is 0.632. The van der Waals surface area contributed by atoms with Gasteiger partial charge in [0.15, 0.2) is 5.96 Å². The van der Waals surface area contributed by atoms with Gasteiger partial charge in [0.1, 0.15) is 5.82 Å². The molecule has 0 bridgehead atoms. The van der Waals surface area contributed by atoms with Gasteiger partial charge in [0, 0.05) is 43.9 Å². The number of nitrogens with two attached hydrogens (primary N) is 2. The number of aromatic nitrogens is 1. The number of hydrogen-bond acceptors (Lipinski definition) is 4. The second-order valence-electron chi connectivity index (χ2n) is 7.49. The fourth-order valence-corrected chi connectivity index (χ4v) is 3.72. The maximum atomic E-state index is 11.4. The van der Waals surface area contributed by atoms with Crippen LogP contribution in [0.15, 0.2) is 23.3 Å². The van der Waals surface area contributed by atoms with Crippen molar-refractivity contribution < 1.29 is 4.79 Å². The Morgan fingerprint density at radius 1 is 1.19 bits per heavy atom. The van der Waals surface area contributed by atoms with E-state index in [1.807, 2.05) is 6.07 Å². The maximum absolute atomic E-state index is 11.4. The normalized spacial score (nSPS) is 20.4. The molecule has 4 N–H and O–H groups in total. The van der Waals surface area contributed by atoms with Crippen molar-refractivity contribution >= 4 is 17.7 Å². The summed E-state index contributed by atoms with van der Waals surface area (Å²) in [4.78, 5) is 24.9. The molecular weight excluding hydrogens is 328 g/mol. The molecule has 3 heterocycles. The molecule has 0 aliphatic carbocycles. The molecule has 0 atom stereocenters. The van der Waals surface area contributed by atoms with Crippen LogP contribution in [0.4, 0.5) is 5.82 Å². The molecular formula is C19H30N6O. The van der Waals surface area contributed by atoms with Crippen LogP contribution in [0.5, 0.6) is 0 Å². The Kier molecular flexibility index (Phi) is 5.96. The zero-order valence-corrected chi connectivity index (χ0v) is 15.6. The van der Waals surface area contributed by atoms with Crippen LogP contribution in [0.3, 0.4) is 0 Å². The zero-order valence-electron chi connectivity index (χ0n) is 15.6. The molecule has 0 aromatic carbocycles. The highest BCUT2D eigenvalue weighted by Gasteiger charge is 2.25. The Morgan fingerprint density at radius 3 is 2.54 bits per heavy atom. The van der Waals surface area contributed by atoms with E-state index in [0.29, 0.717) is 12.5 Å². The Morgan fingerprint density at radius 2 is 1.88 bits per heavy atom. The smallest absolute Gasteiger partial charge is 0.220 e. The number of nitrogens with zero attached hydrogens (tertiary/aromatic N) is 4. The van der Waals surface area contributed by atoms with Crippen LogP contribution in [0.25, 0.3) is 0 Å². The summed E-state index contributed by atoms with van der Waals surface area (Å²) in [5.74, 6) is 2.12. The number of carbonyl (C=O) groups excluding carboxylic acids is 1. The van der Waals surface area contributed by atoms with Crippen molar-refractivity contribution in [2.45, 2.75) is 39.2 Å². The predicted octanol–water partition coefficient (Wildman–Crippen LogP) is 1.33. The molecule has 0 unspecified atom stereocenters. The quantitative estimate of drug-likeness (QED) is 0.625. The molecule has 2 fully saturated rings. The number of aliphatic imine (C=N–C) groups is 1. The minimum Gasteiger partial charge on any atom is -0.370 e. The average molecular weight is 358 g/mol. The molecule has 26 heavy (non-hydrogen) atoms. The molecule has 1 aromatic rings. The number of amides is 1. The van der Waals surface area contributed by atoms with Gasteiger partial charge >= 0.3 is 0 Å². The van der Waals surface area contributed by atoms with Crippen LogP contribution < -0.4 is 16.4 Å². The Balaban J connectivity index is 1.64. The maximum Gasteiger partial charge on any atom is 0.220 e. The first kappa shape index (κ1) is 18.5. The van der Waals surface area contributed by atoms with Crippen LogP contribution >= 0.6 is 0 Å². The van der Waals surface area contributed by atoms with E-state index in [4.69, 9.17) is 11.5 Å². The summed E-state index contributed by atoms with van der Waals surface area (Å²) in [5, 5.41) is 0. The largest absolute Gasteiger partial charge is 0.370 e. The summed E-state index contributed by atoms with van der Waals surface area (Å²) in [7, 11) is 0. The number of pyridine rings is 1. The van der Waals surface area contributed by atoms with E-state index in [1.54, 1.807) is 6.20 Å². The van der Waals surface area contributed by atoms with Gasteiger partial charge in [-0.15, -0.1) is 0 Å². The molecule has 142 valence electrons. The SMILES string of the molecule is CC1CCN(C(N)=NCc2cccnc2N2CCC(C(N)=O)CC2)CC1. The zero-order chi connectivity index (χ0) is 18.5. The summed E-state index contributed by atoms with van der Waals surface area (Å²) in [5.41, 5.74) is 12.7. The standard InChI is InChI=1S/C19H30N6O/c1-14-4-9-25(10-5-14)19(21)23-13-16-3-2-8-22-18(16)24-11-6-15(7-12-24)17(20)26/h2-3,8,14-15H,4-7,9-13H2,1H3,(H2,20,26)(H2,21,23). The topological polar surface area (TPSA) is 101 Å². The molecule has 1 aromatic heterocycles. The summed E-state index contributed by atoms with van der Waals surface area (Å²) in [6, 6.07) is 3.99. The highest BCUT2D eigenvalue weighted by molar-refractivity contribution is 5.78. The van der Waals surface area contributed by atoms with Gasteiger partial charge in [-0.2, -0.15) is 0 Å². The van der Waals surface area contributed by atoms with Crippen molar-refractivity contribution in [1.29, 1.82) is 0 Å². The lowest BCUT2D eigenvalue weighted by Crippen LogP contribution is -2.42. The van der Waals surface area contributed by atoms with Crippen molar-refractivity contribution in [2.24, 2.45) is 28.3 Å². The summed E-state index contributed by atoms with van der Waals surface area (Å²) >= 11 is 0. The first-order chi connectivity index (χ1) is 12.5. The third kappa shape index (κ3) is 4.45. The third-order valence-corrected chi connectivity index (χ3v) is 5.58. The van der Waals surface area contributed by atoms with Gasteiger partial charge in [-0.05, 0) is 37.7 Å². The Hall–Kier alpha value is -2.31. The molecule has 0 radical (unpaired) electrons. The number of hydrogen-bond donors (Lipinski definition) is 2. The van der Waals surface area contributed by atoms with Gasteiger partial charge in [0.05, 0.1) is 6.54 Å². The van der Waals surface area contributed by atoms with Crippen molar-refractivity contribution in [3.8, 4) is 0 Å². The first-order valence-corrected chi connectivity index (χ1v) is 9.57. The van der Waals surface area contributed by atoms with Crippen LogP contribution in [0.2, 0.25) is 0 Å². The monoisotopic (exact) mass is 358 g/mol. The second-order valence-corrected chi connectivity index (χ2v) is 7.49. The van der Waals surface area contributed by atoms with Crippen molar-refractivity contribution in [3.63, 3.8) is 0 Å². The number of likely N-dealkylation sites (tertiary alicyclic amines) is 1. The molecule has 0 saturated carbocycles. The summed E-state index contributed by atoms with van der Waals surface area (Å²) in [6.07, 6.45) is 5.70. The number of carbonyl (C=O) groups is 1. The molecule has 1 amide bonds. The average Bonchev–Trinajstić information content (AvgIpc) is 2.67. The van der Waals surface area contributed by atoms with E-state index >= 15 is 0 Å². The van der Waals surface area contributed by atoms with E-state index in [9.17, 15) is 4.79 Å². The highest BCUT2D eigenvalue weighted by atomic mass is 16.1. The van der Waals surface area contributed by atoms with Crippen LogP contribution in [-0.2, 0) is 11.3 Å². The first-order valence-electron chi connectivity index (χ1n) is 9.57. The van der Waals surface area contributed by atoms with E-state index in [0.717, 1.165) is 56.3 Å². The molecule has 2 saturated heterocycles. The van der Waals surface area contributed by atoms with Gasteiger partial charge in [0.2, 0.25) is 5.91 Å². The molecule has 3 rings (SSSR count). The molecule has 7 heteroatoms. The van der Waals surface area contributed by atoms with Crippen molar-refractivity contribution in [2.75, 3.05) is 31.1 Å². The van der Waals surface area contributed by atoms with E-state index in [2.05, 4.69) is 32.8 Å². The number of piperidine rings is 2. The van der Waals surface area contributed by atoms with Crippen LogP contribution in [0.1, 0.15) is 38.2 Å². The van der Waals surface area contributed by atoms with Gasteiger partial charge in [-0.1, -0.05) is 13.0 Å². The highest BCUT2D eigenvalue weighted by Crippen LogP contribution is 2.25.